The predicted molar refractivity (Wildman–Crippen MR) is 109 cm³/mol. The maximum atomic E-state index is 12.7. The average Bonchev–Trinajstić information content (AvgIpc) is 3.13. The van der Waals surface area contributed by atoms with Crippen molar-refractivity contribution in [2.45, 2.75) is 52.0 Å². The molecule has 0 bridgehead atoms. The molecule has 140 valence electrons. The van der Waals surface area contributed by atoms with Crippen molar-refractivity contribution >= 4 is 16.9 Å². The van der Waals surface area contributed by atoms with Crippen LogP contribution in [0.15, 0.2) is 48.8 Å². The van der Waals surface area contributed by atoms with Gasteiger partial charge in [-0.2, -0.15) is 0 Å². The molecular formula is C23H27N3O. The Bertz CT molecular complexity index is 942. The Hall–Kier alpha value is -2.62. The first-order valence-corrected chi connectivity index (χ1v) is 10.0. The Morgan fingerprint density at radius 3 is 2.67 bits per heavy atom. The fourth-order valence-corrected chi connectivity index (χ4v) is 4.03. The van der Waals surface area contributed by atoms with Gasteiger partial charge in [-0.25, -0.2) is 4.98 Å². The van der Waals surface area contributed by atoms with Crippen molar-refractivity contribution in [3.63, 3.8) is 0 Å². The lowest BCUT2D eigenvalue weighted by atomic mass is 9.86. The van der Waals surface area contributed by atoms with Crippen LogP contribution in [-0.4, -0.2) is 21.5 Å². The van der Waals surface area contributed by atoms with Gasteiger partial charge in [0.05, 0.1) is 11.0 Å². The Labute approximate surface area is 160 Å². The Kier molecular flexibility index (Phi) is 4.97. The first-order chi connectivity index (χ1) is 13.2. The number of nitrogens with one attached hydrogen (secondary N) is 1. The lowest BCUT2D eigenvalue weighted by Gasteiger charge is -2.29. The van der Waals surface area contributed by atoms with E-state index in [1.165, 1.54) is 24.8 Å². The number of aromatic nitrogens is 2. The zero-order valence-corrected chi connectivity index (χ0v) is 16.1. The van der Waals surface area contributed by atoms with Crippen LogP contribution in [0.5, 0.6) is 0 Å². The van der Waals surface area contributed by atoms with Crippen LogP contribution in [0.25, 0.3) is 16.7 Å². The fraction of sp³-hybridized carbons (Fsp3) is 0.391. The van der Waals surface area contributed by atoms with E-state index in [1.54, 1.807) is 0 Å². The molecule has 0 spiro atoms. The zero-order valence-electron chi connectivity index (χ0n) is 16.1. The number of rotatable bonds is 4. The summed E-state index contributed by atoms with van der Waals surface area (Å²) in [6.07, 6.45) is 7.62. The van der Waals surface area contributed by atoms with Crippen molar-refractivity contribution in [3.8, 4) is 5.69 Å². The molecule has 4 rings (SSSR count). The topological polar surface area (TPSA) is 46.9 Å². The second-order valence-corrected chi connectivity index (χ2v) is 7.68. The highest BCUT2D eigenvalue weighted by atomic mass is 16.1. The normalized spacial score (nSPS) is 19.9. The molecule has 1 amide bonds. The number of imidazole rings is 1. The lowest BCUT2D eigenvalue weighted by Crippen LogP contribution is -2.41. The number of amides is 1. The van der Waals surface area contributed by atoms with Gasteiger partial charge in [-0.15, -0.1) is 0 Å². The first kappa shape index (κ1) is 17.8. The third-order valence-electron chi connectivity index (χ3n) is 5.86. The standard InChI is InChI=1S/C23H27N3O/c1-3-17-8-11-19(12-9-17)26-15-24-21-14-18(10-13-22(21)26)23(27)25-20-7-5-4-6-16(20)2/h8-16,20H,3-7H2,1-2H3,(H,25,27)/t16-,20-/m0/s1. The fourth-order valence-electron chi connectivity index (χ4n) is 4.03. The highest BCUT2D eigenvalue weighted by molar-refractivity contribution is 5.97. The van der Waals surface area contributed by atoms with Gasteiger partial charge in [-0.05, 0) is 61.1 Å². The number of hydrogen-bond donors (Lipinski definition) is 1. The highest BCUT2D eigenvalue weighted by Gasteiger charge is 2.23. The SMILES string of the molecule is CCc1ccc(-n2cnc3cc(C(=O)N[C@H]4CCCC[C@@H]4C)ccc32)cc1. The number of nitrogens with zero attached hydrogens (tertiary/aromatic N) is 2. The smallest absolute Gasteiger partial charge is 0.251 e. The Morgan fingerprint density at radius 2 is 1.93 bits per heavy atom. The van der Waals surface area contributed by atoms with Crippen LogP contribution < -0.4 is 5.32 Å². The van der Waals surface area contributed by atoms with Crippen molar-refractivity contribution in [1.29, 1.82) is 0 Å². The maximum absolute atomic E-state index is 12.7. The zero-order chi connectivity index (χ0) is 18.8. The van der Waals surface area contributed by atoms with Crippen LogP contribution >= 0.6 is 0 Å². The van der Waals surface area contributed by atoms with Gasteiger partial charge in [-0.3, -0.25) is 9.36 Å². The van der Waals surface area contributed by atoms with Gasteiger partial charge in [0.2, 0.25) is 0 Å². The van der Waals surface area contributed by atoms with E-state index in [4.69, 9.17) is 0 Å². The number of carbonyl (C=O) groups excluding carboxylic acids is 1. The monoisotopic (exact) mass is 361 g/mol. The first-order valence-electron chi connectivity index (χ1n) is 10.0. The number of carbonyl (C=O) groups is 1. The molecule has 1 aromatic heterocycles. The highest BCUT2D eigenvalue weighted by Crippen LogP contribution is 2.25. The molecule has 2 atom stereocenters. The molecular weight excluding hydrogens is 334 g/mol. The van der Waals surface area contributed by atoms with Gasteiger partial charge < -0.3 is 5.32 Å². The van der Waals surface area contributed by atoms with Gasteiger partial charge in [0.1, 0.15) is 6.33 Å². The Balaban J connectivity index is 1.57. The molecule has 3 aromatic rings. The third kappa shape index (κ3) is 3.61. The molecule has 1 saturated carbocycles. The number of benzene rings is 2. The minimum atomic E-state index is 0.0116. The molecule has 0 saturated heterocycles. The maximum Gasteiger partial charge on any atom is 0.251 e. The van der Waals surface area contributed by atoms with Crippen molar-refractivity contribution in [2.75, 3.05) is 0 Å². The van der Waals surface area contributed by atoms with E-state index in [2.05, 4.69) is 53.0 Å². The van der Waals surface area contributed by atoms with E-state index in [1.807, 2.05) is 24.5 Å². The van der Waals surface area contributed by atoms with Gasteiger partial charge >= 0.3 is 0 Å². The van der Waals surface area contributed by atoms with Gasteiger partial charge in [0, 0.05) is 17.3 Å². The van der Waals surface area contributed by atoms with E-state index in [-0.39, 0.29) is 11.9 Å². The van der Waals surface area contributed by atoms with Crippen LogP contribution in [0.1, 0.15) is 55.5 Å². The average molecular weight is 361 g/mol. The molecule has 27 heavy (non-hydrogen) atoms. The van der Waals surface area contributed by atoms with Crippen molar-refractivity contribution in [1.82, 2.24) is 14.9 Å². The summed E-state index contributed by atoms with van der Waals surface area (Å²) in [5.74, 6) is 0.564. The summed E-state index contributed by atoms with van der Waals surface area (Å²) in [5.41, 5.74) is 4.95. The molecule has 4 heteroatoms. The second-order valence-electron chi connectivity index (χ2n) is 7.68. The van der Waals surface area contributed by atoms with Crippen LogP contribution in [0, 0.1) is 5.92 Å². The second kappa shape index (κ2) is 7.55. The summed E-state index contributed by atoms with van der Waals surface area (Å²) in [4.78, 5) is 17.2. The Morgan fingerprint density at radius 1 is 1.15 bits per heavy atom. The van der Waals surface area contributed by atoms with Crippen LogP contribution in [-0.2, 0) is 6.42 Å². The third-order valence-corrected chi connectivity index (χ3v) is 5.86. The quantitative estimate of drug-likeness (QED) is 0.719. The molecule has 0 unspecified atom stereocenters. The number of fused-ring (bicyclic) bond motifs is 1. The molecule has 0 radical (unpaired) electrons. The minimum Gasteiger partial charge on any atom is -0.349 e. The summed E-state index contributed by atoms with van der Waals surface area (Å²) in [7, 11) is 0. The lowest BCUT2D eigenvalue weighted by molar-refractivity contribution is 0.0910. The molecule has 2 aromatic carbocycles. The molecule has 1 aliphatic rings. The molecule has 1 heterocycles. The van der Waals surface area contributed by atoms with Crippen molar-refractivity contribution < 1.29 is 4.79 Å². The summed E-state index contributed by atoms with van der Waals surface area (Å²) < 4.78 is 2.07. The predicted octanol–water partition coefficient (Wildman–Crippen LogP) is 4.90. The van der Waals surface area contributed by atoms with E-state index in [0.29, 0.717) is 11.5 Å². The van der Waals surface area contributed by atoms with Crippen LogP contribution in [0.2, 0.25) is 0 Å². The summed E-state index contributed by atoms with van der Waals surface area (Å²) in [5, 5.41) is 3.23. The largest absolute Gasteiger partial charge is 0.349 e. The van der Waals surface area contributed by atoms with Crippen molar-refractivity contribution in [2.24, 2.45) is 5.92 Å². The molecule has 1 fully saturated rings. The molecule has 1 N–H and O–H groups in total. The van der Waals surface area contributed by atoms with Crippen LogP contribution in [0.4, 0.5) is 0 Å². The summed E-state index contributed by atoms with van der Waals surface area (Å²) in [6.45, 7) is 4.39. The van der Waals surface area contributed by atoms with E-state index in [9.17, 15) is 4.79 Å². The van der Waals surface area contributed by atoms with Crippen LogP contribution in [0.3, 0.4) is 0 Å². The summed E-state index contributed by atoms with van der Waals surface area (Å²) >= 11 is 0. The van der Waals surface area contributed by atoms with Gasteiger partial charge in [-0.1, -0.05) is 38.8 Å². The summed E-state index contributed by atoms with van der Waals surface area (Å²) in [6, 6.07) is 14.6. The minimum absolute atomic E-state index is 0.0116. The number of hydrogen-bond acceptors (Lipinski definition) is 2. The molecule has 1 aliphatic carbocycles. The van der Waals surface area contributed by atoms with Crippen molar-refractivity contribution in [3.05, 3.63) is 59.9 Å². The van der Waals surface area contributed by atoms with Gasteiger partial charge in [0.25, 0.3) is 5.91 Å². The van der Waals surface area contributed by atoms with E-state index >= 15 is 0 Å². The molecule has 0 aliphatic heterocycles. The van der Waals surface area contributed by atoms with E-state index < -0.39 is 0 Å². The molecule has 4 nitrogen and oxygen atoms in total. The van der Waals surface area contributed by atoms with E-state index in [0.717, 1.165) is 29.6 Å². The van der Waals surface area contributed by atoms with Gasteiger partial charge in [0.15, 0.2) is 0 Å². The number of aryl methyl sites for hydroxylation is 1.